The van der Waals surface area contributed by atoms with Gasteiger partial charge >= 0.3 is 0 Å². The van der Waals surface area contributed by atoms with E-state index in [0.717, 1.165) is 11.1 Å². The van der Waals surface area contributed by atoms with E-state index in [1.54, 1.807) is 19.9 Å². The molecule has 8 heteroatoms. The fourth-order valence-electron chi connectivity index (χ4n) is 3.93. The molecule has 0 saturated carbocycles. The van der Waals surface area contributed by atoms with E-state index in [0.29, 0.717) is 30.8 Å². The predicted octanol–water partition coefficient (Wildman–Crippen LogP) is 3.73. The summed E-state index contributed by atoms with van der Waals surface area (Å²) in [7, 11) is -3.78. The zero-order chi connectivity index (χ0) is 23.4. The van der Waals surface area contributed by atoms with Gasteiger partial charge in [0, 0.05) is 29.9 Å². The number of anilines is 1. The molecule has 170 valence electrons. The van der Waals surface area contributed by atoms with Crippen LogP contribution in [0.25, 0.3) is 0 Å². The molecule has 2 heterocycles. The normalized spacial score (nSPS) is 16.6. The Balaban J connectivity index is 1.45. The number of piperidine rings is 1. The molecular weight excluding hydrogens is 438 g/mol. The molecule has 1 unspecified atom stereocenters. The molecule has 3 aromatic rings. The van der Waals surface area contributed by atoms with Crippen LogP contribution in [-0.2, 0) is 14.8 Å². The lowest BCUT2D eigenvalue weighted by molar-refractivity contribution is -0.120. The fourth-order valence-corrected chi connectivity index (χ4v) is 5.75. The number of aryl methyl sites for hydroxylation is 2. The maximum atomic E-state index is 13.1. The van der Waals surface area contributed by atoms with E-state index in [1.165, 1.54) is 4.31 Å². The van der Waals surface area contributed by atoms with Crippen LogP contribution in [0.5, 0.6) is 0 Å². The van der Waals surface area contributed by atoms with Gasteiger partial charge < -0.3 is 9.84 Å². The summed E-state index contributed by atoms with van der Waals surface area (Å²) in [6.45, 7) is 3.66. The van der Waals surface area contributed by atoms with Crippen LogP contribution in [0.3, 0.4) is 0 Å². The molecule has 1 N–H and O–H groups in total. The lowest BCUT2D eigenvalue weighted by Gasteiger charge is -2.31. The van der Waals surface area contributed by atoms with Gasteiger partial charge in [-0.25, -0.2) is 8.42 Å². The summed E-state index contributed by atoms with van der Waals surface area (Å²) in [6.07, 6.45) is 1.22. The molecule has 1 aliphatic heterocycles. The Morgan fingerprint density at radius 1 is 1.09 bits per heavy atom. The highest BCUT2D eigenvalue weighted by atomic mass is 32.2. The van der Waals surface area contributed by atoms with Gasteiger partial charge in [-0.1, -0.05) is 41.3 Å². The van der Waals surface area contributed by atoms with E-state index in [-0.39, 0.29) is 23.1 Å². The highest BCUT2D eigenvalue weighted by Gasteiger charge is 2.36. The number of nitrogens with zero attached hydrogens (tertiary/aromatic N) is 2. The largest absolute Gasteiger partial charge is 0.360 e. The van der Waals surface area contributed by atoms with E-state index in [4.69, 9.17) is 4.52 Å². The summed E-state index contributed by atoms with van der Waals surface area (Å²) in [5, 5.41) is 6.68. The van der Waals surface area contributed by atoms with Gasteiger partial charge in [0.15, 0.2) is 5.76 Å². The first kappa shape index (κ1) is 22.8. The van der Waals surface area contributed by atoms with Crippen LogP contribution in [-0.4, -0.2) is 36.9 Å². The van der Waals surface area contributed by atoms with Crippen molar-refractivity contribution in [1.29, 1.82) is 0 Å². The second kappa shape index (κ2) is 9.61. The quantitative estimate of drug-likeness (QED) is 0.595. The third-order valence-corrected chi connectivity index (χ3v) is 7.69. The summed E-state index contributed by atoms with van der Waals surface area (Å²) in [4.78, 5) is 13.0. The molecule has 0 radical (unpaired) electrons. The summed E-state index contributed by atoms with van der Waals surface area (Å²) < 4.78 is 32.7. The van der Waals surface area contributed by atoms with Crippen molar-refractivity contribution in [2.24, 2.45) is 5.92 Å². The van der Waals surface area contributed by atoms with Crippen molar-refractivity contribution in [3.63, 3.8) is 0 Å². The summed E-state index contributed by atoms with van der Waals surface area (Å²) in [6, 6.07) is 17.0. The standard InChI is InChI=1S/C25H25N3O4S/c1-18-24(19(2)32-27-18)33(30,31)28-15-7-11-22(17-28)25(29)26-23-12-6-10-21(16-23)14-13-20-8-4-3-5-9-20/h3-6,8-10,12,16,22H,7,11,15,17H2,1-2H3,(H,26,29). The molecule has 1 aliphatic rings. The Hall–Kier alpha value is -3.41. The first-order valence-electron chi connectivity index (χ1n) is 10.8. The lowest BCUT2D eigenvalue weighted by Crippen LogP contribution is -2.43. The van der Waals surface area contributed by atoms with Crippen LogP contribution >= 0.6 is 0 Å². The smallest absolute Gasteiger partial charge is 0.248 e. The molecule has 4 rings (SSSR count). The number of carbonyl (C=O) groups is 1. The van der Waals surface area contributed by atoms with Gasteiger partial charge in [-0.15, -0.1) is 0 Å². The summed E-state index contributed by atoms with van der Waals surface area (Å²) >= 11 is 0. The van der Waals surface area contributed by atoms with Crippen LogP contribution in [0.2, 0.25) is 0 Å². The Bertz CT molecular complexity index is 1300. The van der Waals surface area contributed by atoms with Crippen LogP contribution in [0, 0.1) is 31.6 Å². The number of aromatic nitrogens is 1. The third-order valence-electron chi connectivity index (χ3n) is 5.58. The number of benzene rings is 2. The van der Waals surface area contributed by atoms with Gasteiger partial charge in [-0.3, -0.25) is 4.79 Å². The van der Waals surface area contributed by atoms with Crippen LogP contribution < -0.4 is 5.32 Å². The predicted molar refractivity (Wildman–Crippen MR) is 125 cm³/mol. The van der Waals surface area contributed by atoms with Crippen LogP contribution in [0.1, 0.15) is 35.4 Å². The number of sulfonamides is 1. The Morgan fingerprint density at radius 2 is 1.82 bits per heavy atom. The molecule has 7 nitrogen and oxygen atoms in total. The maximum absolute atomic E-state index is 13.1. The van der Waals surface area contributed by atoms with Crippen molar-refractivity contribution >= 4 is 21.6 Å². The minimum atomic E-state index is -3.78. The zero-order valence-corrected chi connectivity index (χ0v) is 19.4. The SMILES string of the molecule is Cc1noc(C)c1S(=O)(=O)N1CCCC(C(=O)Nc2cccc(C#Cc3ccccc3)c2)C1. The zero-order valence-electron chi connectivity index (χ0n) is 18.5. The fraction of sp³-hybridized carbons (Fsp3) is 0.280. The maximum Gasteiger partial charge on any atom is 0.248 e. The molecule has 0 bridgehead atoms. The molecular formula is C25H25N3O4S. The third kappa shape index (κ3) is 5.16. The van der Waals surface area contributed by atoms with Gasteiger partial charge in [0.2, 0.25) is 15.9 Å². The van der Waals surface area contributed by atoms with E-state index in [1.807, 2.05) is 48.5 Å². The first-order valence-corrected chi connectivity index (χ1v) is 12.2. The number of amides is 1. The van der Waals surface area contributed by atoms with Crippen molar-refractivity contribution < 1.29 is 17.7 Å². The van der Waals surface area contributed by atoms with Gasteiger partial charge in [0.05, 0.1) is 5.92 Å². The average molecular weight is 464 g/mol. The number of nitrogens with one attached hydrogen (secondary N) is 1. The lowest BCUT2D eigenvalue weighted by atomic mass is 9.98. The van der Waals surface area contributed by atoms with Gasteiger partial charge in [-0.05, 0) is 57.0 Å². The molecule has 1 amide bonds. The summed E-state index contributed by atoms with van der Waals surface area (Å²) in [5.74, 6) is 5.80. The molecule has 1 fully saturated rings. The average Bonchev–Trinajstić information content (AvgIpc) is 3.17. The van der Waals surface area contributed by atoms with Crippen molar-refractivity contribution in [1.82, 2.24) is 9.46 Å². The molecule has 33 heavy (non-hydrogen) atoms. The van der Waals surface area contributed by atoms with Gasteiger partial charge in [0.1, 0.15) is 10.6 Å². The number of carbonyl (C=O) groups excluding carboxylic acids is 1. The highest BCUT2D eigenvalue weighted by Crippen LogP contribution is 2.28. The van der Waals surface area contributed by atoms with E-state index in [9.17, 15) is 13.2 Å². The number of hydrogen-bond acceptors (Lipinski definition) is 5. The van der Waals surface area contributed by atoms with Crippen molar-refractivity contribution in [2.45, 2.75) is 31.6 Å². The minimum absolute atomic E-state index is 0.0910. The van der Waals surface area contributed by atoms with Gasteiger partial charge in [-0.2, -0.15) is 4.31 Å². The van der Waals surface area contributed by atoms with E-state index >= 15 is 0 Å². The Labute approximate surface area is 193 Å². The summed E-state index contributed by atoms with van der Waals surface area (Å²) in [5.41, 5.74) is 2.65. The van der Waals surface area contributed by atoms with Crippen molar-refractivity contribution in [2.75, 3.05) is 18.4 Å². The molecule has 0 aliphatic carbocycles. The topological polar surface area (TPSA) is 92.5 Å². The van der Waals surface area contributed by atoms with Crippen LogP contribution in [0.15, 0.2) is 64.0 Å². The Kier molecular flexibility index (Phi) is 6.63. The second-order valence-electron chi connectivity index (χ2n) is 8.04. The first-order chi connectivity index (χ1) is 15.8. The molecule has 1 aromatic heterocycles. The number of hydrogen-bond donors (Lipinski definition) is 1. The molecule has 2 aromatic carbocycles. The van der Waals surface area contributed by atoms with Crippen LogP contribution in [0.4, 0.5) is 5.69 Å². The molecule has 1 atom stereocenters. The molecule has 1 saturated heterocycles. The van der Waals surface area contributed by atoms with Gasteiger partial charge in [0.25, 0.3) is 0 Å². The van der Waals surface area contributed by atoms with E-state index < -0.39 is 15.9 Å². The minimum Gasteiger partial charge on any atom is -0.360 e. The number of rotatable bonds is 4. The van der Waals surface area contributed by atoms with E-state index in [2.05, 4.69) is 22.3 Å². The Morgan fingerprint density at radius 3 is 2.55 bits per heavy atom. The second-order valence-corrected chi connectivity index (χ2v) is 9.92. The molecule has 0 spiro atoms. The van der Waals surface area contributed by atoms with Crippen molar-refractivity contribution in [3.8, 4) is 11.8 Å². The van der Waals surface area contributed by atoms with Crippen molar-refractivity contribution in [3.05, 3.63) is 77.2 Å². The monoisotopic (exact) mass is 463 g/mol. The highest BCUT2D eigenvalue weighted by molar-refractivity contribution is 7.89.